The topological polar surface area (TPSA) is 75.1 Å². The van der Waals surface area contributed by atoms with Crippen LogP contribution in [0.25, 0.3) is 10.4 Å². The molecule has 1 aliphatic carbocycles. The molecule has 0 saturated heterocycles. The molecule has 0 aromatic rings. The summed E-state index contributed by atoms with van der Waals surface area (Å²) in [6.07, 6.45) is 3.74. The summed E-state index contributed by atoms with van der Waals surface area (Å²) >= 11 is 0. The molecule has 1 saturated carbocycles. The summed E-state index contributed by atoms with van der Waals surface area (Å²) < 4.78 is 5.19. The molecule has 5 nitrogen and oxygen atoms in total. The lowest BCUT2D eigenvalue weighted by Gasteiger charge is -2.25. The molecule has 0 aromatic heterocycles. The van der Waals surface area contributed by atoms with Crippen LogP contribution in [0.15, 0.2) is 5.11 Å². The highest BCUT2D eigenvalue weighted by Gasteiger charge is 2.22. The number of ether oxygens (including phenoxy) is 1. The molecule has 0 spiro atoms. The van der Waals surface area contributed by atoms with Crippen molar-refractivity contribution in [1.82, 2.24) is 0 Å². The predicted octanol–water partition coefficient (Wildman–Crippen LogP) is 2.56. The van der Waals surface area contributed by atoms with Crippen LogP contribution in [0.3, 0.4) is 0 Å². The van der Waals surface area contributed by atoms with Crippen LogP contribution in [0, 0.1) is 0 Å². The summed E-state index contributed by atoms with van der Waals surface area (Å²) in [5.41, 5.74) is 8.24. The summed E-state index contributed by atoms with van der Waals surface area (Å²) in [6, 6.07) is 0.0941. The summed E-state index contributed by atoms with van der Waals surface area (Å²) in [5.74, 6) is -0.141. The zero-order valence-electron chi connectivity index (χ0n) is 8.35. The van der Waals surface area contributed by atoms with Gasteiger partial charge < -0.3 is 4.74 Å². The molecule has 0 radical (unpaired) electrons. The highest BCUT2D eigenvalue weighted by Crippen LogP contribution is 2.23. The van der Waals surface area contributed by atoms with Crippen LogP contribution in [-0.2, 0) is 9.53 Å². The molecule has 14 heavy (non-hydrogen) atoms. The van der Waals surface area contributed by atoms with Gasteiger partial charge in [0, 0.05) is 17.4 Å². The fourth-order valence-corrected chi connectivity index (χ4v) is 1.62. The van der Waals surface area contributed by atoms with Gasteiger partial charge in [-0.3, -0.25) is 4.79 Å². The molecule has 78 valence electrons. The molecule has 0 amide bonds. The maximum absolute atomic E-state index is 11.0. The van der Waals surface area contributed by atoms with Gasteiger partial charge in [0.15, 0.2) is 0 Å². The first-order chi connectivity index (χ1) is 6.76. The lowest BCUT2D eigenvalue weighted by molar-refractivity contribution is -0.150. The smallest absolute Gasteiger partial charge is 0.305 e. The zero-order chi connectivity index (χ0) is 10.4. The Balaban J connectivity index is 2.28. The van der Waals surface area contributed by atoms with Gasteiger partial charge in [-0.05, 0) is 31.2 Å². The van der Waals surface area contributed by atoms with E-state index in [2.05, 4.69) is 10.0 Å². The molecular formula is C9H15N3O2. The molecular weight excluding hydrogens is 182 g/mol. The minimum Gasteiger partial charge on any atom is -0.462 e. The van der Waals surface area contributed by atoms with Crippen molar-refractivity contribution in [1.29, 1.82) is 0 Å². The Bertz CT molecular complexity index is 240. The minimum atomic E-state index is -0.141. The third-order valence-corrected chi connectivity index (χ3v) is 2.45. The molecule has 0 aliphatic heterocycles. The van der Waals surface area contributed by atoms with Gasteiger partial charge in [0.25, 0.3) is 0 Å². The van der Waals surface area contributed by atoms with E-state index in [0.717, 1.165) is 25.7 Å². The maximum atomic E-state index is 11.0. The third kappa shape index (κ3) is 3.26. The minimum absolute atomic E-state index is 0.0348. The van der Waals surface area contributed by atoms with E-state index in [-0.39, 0.29) is 18.1 Å². The summed E-state index contributed by atoms with van der Waals surface area (Å²) in [7, 11) is 0. The average molecular weight is 197 g/mol. The van der Waals surface area contributed by atoms with Gasteiger partial charge in [0.2, 0.25) is 0 Å². The fourth-order valence-electron chi connectivity index (χ4n) is 1.62. The van der Waals surface area contributed by atoms with E-state index >= 15 is 0 Å². The number of hydrogen-bond acceptors (Lipinski definition) is 3. The monoisotopic (exact) mass is 197 g/mol. The van der Waals surface area contributed by atoms with Gasteiger partial charge in [-0.25, -0.2) is 0 Å². The van der Waals surface area contributed by atoms with Crippen molar-refractivity contribution in [3.63, 3.8) is 0 Å². The second-order valence-corrected chi connectivity index (χ2v) is 3.48. The van der Waals surface area contributed by atoms with Crippen LogP contribution in [0.2, 0.25) is 0 Å². The Morgan fingerprint density at radius 2 is 2.14 bits per heavy atom. The molecule has 1 fully saturated rings. The molecule has 1 aliphatic rings. The van der Waals surface area contributed by atoms with Gasteiger partial charge >= 0.3 is 5.97 Å². The van der Waals surface area contributed by atoms with E-state index in [1.807, 2.05) is 0 Å². The predicted molar refractivity (Wildman–Crippen MR) is 51.6 cm³/mol. The van der Waals surface area contributed by atoms with Crippen molar-refractivity contribution < 1.29 is 9.53 Å². The van der Waals surface area contributed by atoms with E-state index < -0.39 is 0 Å². The highest BCUT2D eigenvalue weighted by atomic mass is 16.5. The van der Waals surface area contributed by atoms with Crippen molar-refractivity contribution in [3.8, 4) is 0 Å². The van der Waals surface area contributed by atoms with E-state index in [1.54, 1.807) is 6.92 Å². The largest absolute Gasteiger partial charge is 0.462 e. The number of esters is 1. The van der Waals surface area contributed by atoms with Gasteiger partial charge in [-0.1, -0.05) is 12.0 Å². The third-order valence-electron chi connectivity index (χ3n) is 2.45. The quantitative estimate of drug-likeness (QED) is 0.302. The van der Waals surface area contributed by atoms with Gasteiger partial charge in [0.05, 0.1) is 0 Å². The van der Waals surface area contributed by atoms with Crippen molar-refractivity contribution in [3.05, 3.63) is 10.4 Å². The van der Waals surface area contributed by atoms with Crippen LogP contribution < -0.4 is 0 Å². The first-order valence-corrected chi connectivity index (χ1v) is 5.00. The summed E-state index contributed by atoms with van der Waals surface area (Å²) in [4.78, 5) is 13.8. The van der Waals surface area contributed by atoms with Crippen molar-refractivity contribution in [2.45, 2.75) is 51.2 Å². The average Bonchev–Trinajstić information content (AvgIpc) is 2.21. The molecule has 0 unspecified atom stereocenters. The number of hydrogen-bond donors (Lipinski definition) is 0. The standard InChI is InChI=1S/C9H15N3O2/c1-2-9(13)14-8-5-3-7(4-6-8)11-12-10/h7-8H,2-6H2,1H3. The van der Waals surface area contributed by atoms with E-state index in [1.165, 1.54) is 0 Å². The highest BCUT2D eigenvalue weighted by molar-refractivity contribution is 5.69. The van der Waals surface area contributed by atoms with Crippen LogP contribution in [0.4, 0.5) is 0 Å². The first kappa shape index (κ1) is 10.9. The van der Waals surface area contributed by atoms with Crippen molar-refractivity contribution in [2.24, 2.45) is 5.11 Å². The Kier molecular flexibility index (Phi) is 4.26. The molecule has 0 heterocycles. The number of azide groups is 1. The van der Waals surface area contributed by atoms with Crippen molar-refractivity contribution >= 4 is 5.97 Å². The summed E-state index contributed by atoms with van der Waals surface area (Å²) in [5, 5.41) is 3.66. The summed E-state index contributed by atoms with van der Waals surface area (Å²) in [6.45, 7) is 1.79. The SMILES string of the molecule is CCC(=O)OC1CCC(N=[N+]=[N-])CC1. The zero-order valence-corrected chi connectivity index (χ0v) is 8.35. The van der Waals surface area contributed by atoms with Crippen LogP contribution in [0.1, 0.15) is 39.0 Å². The Morgan fingerprint density at radius 3 is 2.64 bits per heavy atom. The second kappa shape index (κ2) is 5.50. The van der Waals surface area contributed by atoms with Gasteiger partial charge in [0.1, 0.15) is 6.10 Å². The molecule has 0 aromatic carbocycles. The second-order valence-electron chi connectivity index (χ2n) is 3.48. The molecule has 0 N–H and O–H groups in total. The van der Waals surface area contributed by atoms with Crippen LogP contribution in [0.5, 0.6) is 0 Å². The number of carbonyl (C=O) groups excluding carboxylic acids is 1. The molecule has 1 rings (SSSR count). The van der Waals surface area contributed by atoms with Crippen molar-refractivity contribution in [2.75, 3.05) is 0 Å². The normalized spacial score (nSPS) is 26.4. The number of nitrogens with zero attached hydrogens (tertiary/aromatic N) is 3. The first-order valence-electron chi connectivity index (χ1n) is 5.00. The lowest BCUT2D eigenvalue weighted by atomic mass is 9.93. The number of rotatable bonds is 3. The molecule has 0 atom stereocenters. The Hall–Kier alpha value is -1.22. The van der Waals surface area contributed by atoms with Crippen LogP contribution >= 0.6 is 0 Å². The van der Waals surface area contributed by atoms with E-state index in [9.17, 15) is 4.79 Å². The van der Waals surface area contributed by atoms with Crippen LogP contribution in [-0.4, -0.2) is 18.1 Å². The Morgan fingerprint density at radius 1 is 1.50 bits per heavy atom. The fraction of sp³-hybridized carbons (Fsp3) is 0.889. The molecule has 5 heteroatoms. The lowest BCUT2D eigenvalue weighted by Crippen LogP contribution is -2.25. The van der Waals surface area contributed by atoms with Gasteiger partial charge in [-0.2, -0.15) is 0 Å². The Labute approximate surface area is 83.1 Å². The van der Waals surface area contributed by atoms with Gasteiger partial charge in [-0.15, -0.1) is 0 Å². The molecule has 0 bridgehead atoms. The van der Waals surface area contributed by atoms with E-state index in [4.69, 9.17) is 10.3 Å². The number of carbonyl (C=O) groups is 1. The van der Waals surface area contributed by atoms with E-state index in [0.29, 0.717) is 6.42 Å². The maximum Gasteiger partial charge on any atom is 0.305 e.